The average Bonchev–Trinajstić information content (AvgIpc) is 3.51. The van der Waals surface area contributed by atoms with Crippen LogP contribution in [0.15, 0.2) is 30.3 Å². The van der Waals surface area contributed by atoms with Crippen molar-refractivity contribution in [2.45, 2.75) is 45.1 Å². The molecule has 28 heavy (non-hydrogen) atoms. The standard InChI is InChI=1S/C22H29N3O3/c1-2-15-4-3-5-17(12-15)16-6-10-25(11-7-16)21(27)19-18(20(26)24-28)13-22(8-9-22)14-23-19/h3-6,12,18-19,23,28H,2,7-11,13-14H2,1H3,(H,24,26)/t18-,19-/m0/s1. The smallest absolute Gasteiger partial charge is 0.248 e. The highest BCUT2D eigenvalue weighted by Gasteiger charge is 2.52. The maximum Gasteiger partial charge on any atom is 0.248 e. The van der Waals surface area contributed by atoms with Crippen molar-refractivity contribution >= 4 is 17.4 Å². The molecule has 6 nitrogen and oxygen atoms in total. The van der Waals surface area contributed by atoms with Crippen molar-refractivity contribution in [3.05, 3.63) is 41.5 Å². The second-order valence-corrected chi connectivity index (χ2v) is 8.46. The molecule has 1 saturated carbocycles. The maximum absolute atomic E-state index is 13.1. The molecule has 2 amide bonds. The molecule has 3 aliphatic rings. The SMILES string of the molecule is CCc1cccc(C2=CCN(C(=O)[C@H]3NCC4(CC4)C[C@@H]3C(=O)NO)CC2)c1. The van der Waals surface area contributed by atoms with Gasteiger partial charge in [0.1, 0.15) is 0 Å². The van der Waals surface area contributed by atoms with Crippen LogP contribution in [-0.2, 0) is 16.0 Å². The zero-order valence-corrected chi connectivity index (χ0v) is 16.4. The third kappa shape index (κ3) is 3.71. The van der Waals surface area contributed by atoms with E-state index < -0.39 is 17.9 Å². The molecule has 0 unspecified atom stereocenters. The van der Waals surface area contributed by atoms with E-state index >= 15 is 0 Å². The first-order valence-corrected chi connectivity index (χ1v) is 10.3. The number of rotatable bonds is 4. The van der Waals surface area contributed by atoms with Crippen LogP contribution in [0.3, 0.4) is 0 Å². The zero-order chi connectivity index (χ0) is 19.7. The molecule has 0 bridgehead atoms. The number of hydrogen-bond acceptors (Lipinski definition) is 4. The number of nitrogens with zero attached hydrogens (tertiary/aromatic N) is 1. The fraction of sp³-hybridized carbons (Fsp3) is 0.545. The molecule has 2 heterocycles. The Balaban J connectivity index is 1.45. The minimum absolute atomic E-state index is 0.0401. The second kappa shape index (κ2) is 7.68. The number of amides is 2. The zero-order valence-electron chi connectivity index (χ0n) is 16.4. The number of carbonyl (C=O) groups is 2. The van der Waals surface area contributed by atoms with Crippen LogP contribution < -0.4 is 10.8 Å². The highest BCUT2D eigenvalue weighted by atomic mass is 16.5. The van der Waals surface area contributed by atoms with E-state index in [0.29, 0.717) is 19.5 Å². The molecule has 4 rings (SSSR count). The van der Waals surface area contributed by atoms with Crippen LogP contribution in [0.4, 0.5) is 0 Å². The van der Waals surface area contributed by atoms with Gasteiger partial charge in [-0.05, 0) is 54.2 Å². The van der Waals surface area contributed by atoms with Gasteiger partial charge in [-0.1, -0.05) is 37.3 Å². The van der Waals surface area contributed by atoms with Crippen molar-refractivity contribution < 1.29 is 14.8 Å². The van der Waals surface area contributed by atoms with E-state index in [1.807, 2.05) is 4.90 Å². The van der Waals surface area contributed by atoms with E-state index in [4.69, 9.17) is 5.21 Å². The lowest BCUT2D eigenvalue weighted by atomic mass is 9.81. The highest BCUT2D eigenvalue weighted by Crippen LogP contribution is 2.52. The number of benzene rings is 1. The van der Waals surface area contributed by atoms with Gasteiger partial charge < -0.3 is 10.2 Å². The van der Waals surface area contributed by atoms with Crippen molar-refractivity contribution in [3.8, 4) is 0 Å². The van der Waals surface area contributed by atoms with Crippen molar-refractivity contribution in [3.63, 3.8) is 0 Å². The summed E-state index contributed by atoms with van der Waals surface area (Å²) in [4.78, 5) is 27.2. The van der Waals surface area contributed by atoms with Crippen LogP contribution >= 0.6 is 0 Å². The van der Waals surface area contributed by atoms with Gasteiger partial charge in [-0.3, -0.25) is 14.8 Å². The summed E-state index contributed by atoms with van der Waals surface area (Å²) in [6.45, 7) is 4.13. The molecule has 1 aliphatic carbocycles. The van der Waals surface area contributed by atoms with E-state index in [2.05, 4.69) is 42.6 Å². The largest absolute Gasteiger partial charge is 0.337 e. The van der Waals surface area contributed by atoms with E-state index in [-0.39, 0.29) is 11.3 Å². The molecular formula is C22H29N3O3. The number of aryl methyl sites for hydroxylation is 1. The summed E-state index contributed by atoms with van der Waals surface area (Å²) in [5.41, 5.74) is 5.73. The first-order chi connectivity index (χ1) is 13.5. The second-order valence-electron chi connectivity index (χ2n) is 8.46. The van der Waals surface area contributed by atoms with Crippen LogP contribution in [0.2, 0.25) is 0 Å². The monoisotopic (exact) mass is 383 g/mol. The Bertz CT molecular complexity index is 800. The van der Waals surface area contributed by atoms with Crippen LogP contribution in [0, 0.1) is 11.3 Å². The Labute approximate surface area is 165 Å². The molecule has 3 N–H and O–H groups in total. The minimum Gasteiger partial charge on any atom is -0.337 e. The Morgan fingerprint density at radius 2 is 2.18 bits per heavy atom. The van der Waals surface area contributed by atoms with Gasteiger partial charge in [0.2, 0.25) is 11.8 Å². The van der Waals surface area contributed by atoms with Gasteiger partial charge in [0.25, 0.3) is 0 Å². The highest BCUT2D eigenvalue weighted by molar-refractivity contribution is 5.90. The first-order valence-electron chi connectivity index (χ1n) is 10.3. The Hall–Kier alpha value is -2.18. The molecular weight excluding hydrogens is 354 g/mol. The molecule has 1 spiro atoms. The number of piperidine rings is 1. The van der Waals surface area contributed by atoms with Crippen molar-refractivity contribution in [1.82, 2.24) is 15.7 Å². The fourth-order valence-corrected chi connectivity index (χ4v) is 4.59. The predicted molar refractivity (Wildman–Crippen MR) is 106 cm³/mol. The van der Waals surface area contributed by atoms with E-state index in [1.54, 1.807) is 5.48 Å². The van der Waals surface area contributed by atoms with Gasteiger partial charge in [0.05, 0.1) is 12.0 Å². The molecule has 1 aromatic rings. The third-order valence-corrected chi connectivity index (χ3v) is 6.65. The Kier molecular flexibility index (Phi) is 5.25. The predicted octanol–water partition coefficient (Wildman–Crippen LogP) is 2.13. The third-order valence-electron chi connectivity index (χ3n) is 6.65. The lowest BCUT2D eigenvalue weighted by Crippen LogP contribution is -2.59. The summed E-state index contributed by atoms with van der Waals surface area (Å²) < 4.78 is 0. The maximum atomic E-state index is 13.1. The Morgan fingerprint density at radius 1 is 1.36 bits per heavy atom. The molecule has 2 atom stereocenters. The van der Waals surface area contributed by atoms with Gasteiger partial charge in [0.15, 0.2) is 0 Å². The number of carbonyl (C=O) groups excluding carboxylic acids is 2. The van der Waals surface area contributed by atoms with Crippen LogP contribution in [0.5, 0.6) is 0 Å². The van der Waals surface area contributed by atoms with Crippen molar-refractivity contribution in [2.75, 3.05) is 19.6 Å². The van der Waals surface area contributed by atoms with Crippen molar-refractivity contribution in [1.29, 1.82) is 0 Å². The van der Waals surface area contributed by atoms with E-state index in [9.17, 15) is 9.59 Å². The molecule has 0 radical (unpaired) electrons. The van der Waals surface area contributed by atoms with Crippen LogP contribution in [-0.4, -0.2) is 47.6 Å². The minimum atomic E-state index is -0.559. The molecule has 0 aromatic heterocycles. The van der Waals surface area contributed by atoms with Crippen LogP contribution in [0.25, 0.3) is 5.57 Å². The van der Waals surface area contributed by atoms with E-state index in [0.717, 1.165) is 32.2 Å². The summed E-state index contributed by atoms with van der Waals surface area (Å²) in [6.07, 6.45) is 6.79. The quantitative estimate of drug-likeness (QED) is 0.550. The van der Waals surface area contributed by atoms with E-state index in [1.165, 1.54) is 16.7 Å². The number of hydroxylamine groups is 1. The summed E-state index contributed by atoms with van der Waals surface area (Å²) in [6, 6.07) is 8.02. The first kappa shape index (κ1) is 19.2. The van der Waals surface area contributed by atoms with Gasteiger partial charge in [-0.25, -0.2) is 5.48 Å². The van der Waals surface area contributed by atoms with Gasteiger partial charge in [-0.2, -0.15) is 0 Å². The Morgan fingerprint density at radius 3 is 2.82 bits per heavy atom. The molecule has 1 aromatic carbocycles. The summed E-state index contributed by atoms with van der Waals surface area (Å²) >= 11 is 0. The molecule has 2 aliphatic heterocycles. The summed E-state index contributed by atoms with van der Waals surface area (Å²) in [5.74, 6) is -1.01. The van der Waals surface area contributed by atoms with Crippen LogP contribution in [0.1, 0.15) is 43.7 Å². The normalized spacial score (nSPS) is 25.9. The summed E-state index contributed by atoms with van der Waals surface area (Å²) in [5, 5.41) is 12.4. The molecule has 150 valence electrons. The number of hydrogen-bond donors (Lipinski definition) is 3. The molecule has 6 heteroatoms. The number of nitrogens with one attached hydrogen (secondary N) is 2. The topological polar surface area (TPSA) is 81.7 Å². The molecule has 1 saturated heterocycles. The van der Waals surface area contributed by atoms with Gasteiger partial charge >= 0.3 is 0 Å². The molecule has 2 fully saturated rings. The summed E-state index contributed by atoms with van der Waals surface area (Å²) in [7, 11) is 0. The van der Waals surface area contributed by atoms with Gasteiger partial charge in [0, 0.05) is 19.6 Å². The van der Waals surface area contributed by atoms with Crippen molar-refractivity contribution in [2.24, 2.45) is 11.3 Å². The average molecular weight is 383 g/mol. The fourth-order valence-electron chi connectivity index (χ4n) is 4.59. The van der Waals surface area contributed by atoms with Gasteiger partial charge in [-0.15, -0.1) is 0 Å². The lowest BCUT2D eigenvalue weighted by molar-refractivity contribution is -0.144. The lowest BCUT2D eigenvalue weighted by Gasteiger charge is -2.38.